The standard InChI is InChI=1S/C31H33Cl2N5O5/c32-22-8-9-27(34-19-22)35-30(41)25-17-23(33)18-26(39)28(25)36-29(40)21-6-4-20(5-7-21)24-3-1-11-38(31(24)42)13-12-37-10-2-15-43-16-14-37/h4-9,17-19,24,39H,1-3,10-16H2,(H,36,40)(H,34,35,41). The molecule has 3 heterocycles. The molecule has 2 saturated heterocycles. The number of pyridine rings is 1. The van der Waals surface area contributed by atoms with Crippen LogP contribution in [0, 0.1) is 0 Å². The van der Waals surface area contributed by atoms with E-state index in [9.17, 15) is 19.5 Å². The monoisotopic (exact) mass is 625 g/mol. The van der Waals surface area contributed by atoms with E-state index in [0.29, 0.717) is 17.1 Å². The van der Waals surface area contributed by atoms with Gasteiger partial charge in [0, 0.05) is 62.2 Å². The minimum absolute atomic E-state index is 0.0488. The summed E-state index contributed by atoms with van der Waals surface area (Å²) >= 11 is 12.0. The van der Waals surface area contributed by atoms with E-state index in [1.54, 1.807) is 30.3 Å². The largest absolute Gasteiger partial charge is 0.506 e. The van der Waals surface area contributed by atoms with Gasteiger partial charge in [0.25, 0.3) is 11.8 Å². The maximum absolute atomic E-state index is 13.4. The molecule has 2 aromatic carbocycles. The number of ether oxygens (including phenoxy) is 1. The smallest absolute Gasteiger partial charge is 0.259 e. The molecule has 3 aromatic rings. The summed E-state index contributed by atoms with van der Waals surface area (Å²) in [6.45, 7) is 5.63. The first-order valence-corrected chi connectivity index (χ1v) is 15.0. The van der Waals surface area contributed by atoms with Crippen molar-refractivity contribution in [3.8, 4) is 5.75 Å². The second kappa shape index (κ2) is 14.2. The number of amides is 3. The number of hydrogen-bond acceptors (Lipinski definition) is 7. The Hall–Kier alpha value is -3.70. The van der Waals surface area contributed by atoms with E-state index in [2.05, 4.69) is 20.5 Å². The van der Waals surface area contributed by atoms with E-state index in [1.807, 2.05) is 4.90 Å². The molecule has 12 heteroatoms. The van der Waals surface area contributed by atoms with Crippen LogP contribution in [0.2, 0.25) is 10.0 Å². The molecule has 226 valence electrons. The average molecular weight is 627 g/mol. The van der Waals surface area contributed by atoms with Crippen LogP contribution in [0.1, 0.15) is 51.5 Å². The number of hydrogen-bond donors (Lipinski definition) is 3. The number of nitrogens with one attached hydrogen (secondary N) is 2. The summed E-state index contributed by atoms with van der Waals surface area (Å²) in [6.07, 6.45) is 4.04. The highest BCUT2D eigenvalue weighted by Crippen LogP contribution is 2.33. The van der Waals surface area contributed by atoms with Gasteiger partial charge in [0.2, 0.25) is 5.91 Å². The van der Waals surface area contributed by atoms with Crippen molar-refractivity contribution in [1.29, 1.82) is 0 Å². The molecular formula is C31H33Cl2N5O5. The van der Waals surface area contributed by atoms with Crippen molar-refractivity contribution in [2.24, 2.45) is 0 Å². The van der Waals surface area contributed by atoms with E-state index in [1.165, 1.54) is 24.4 Å². The first-order chi connectivity index (χ1) is 20.8. The van der Waals surface area contributed by atoms with Gasteiger partial charge >= 0.3 is 0 Å². The molecule has 10 nitrogen and oxygen atoms in total. The van der Waals surface area contributed by atoms with Gasteiger partial charge in [0.05, 0.1) is 28.8 Å². The summed E-state index contributed by atoms with van der Waals surface area (Å²) in [5.74, 6) is -1.48. The van der Waals surface area contributed by atoms with Crippen LogP contribution >= 0.6 is 23.2 Å². The number of carbonyl (C=O) groups excluding carboxylic acids is 3. The van der Waals surface area contributed by atoms with Gasteiger partial charge in [0.15, 0.2) is 0 Å². The predicted molar refractivity (Wildman–Crippen MR) is 165 cm³/mol. The van der Waals surface area contributed by atoms with Gasteiger partial charge in [-0.3, -0.25) is 19.3 Å². The van der Waals surface area contributed by atoms with Gasteiger partial charge in [-0.05, 0) is 55.2 Å². The normalized spacial score (nSPS) is 17.8. The molecule has 0 spiro atoms. The fraction of sp³-hybridized carbons (Fsp3) is 0.355. The Morgan fingerprint density at radius 2 is 1.74 bits per heavy atom. The zero-order valence-corrected chi connectivity index (χ0v) is 25.0. The summed E-state index contributed by atoms with van der Waals surface area (Å²) in [6, 6.07) is 12.5. The van der Waals surface area contributed by atoms with E-state index < -0.39 is 11.8 Å². The molecule has 2 fully saturated rings. The number of carbonyl (C=O) groups is 3. The van der Waals surface area contributed by atoms with Gasteiger partial charge in [-0.15, -0.1) is 0 Å². The fourth-order valence-electron chi connectivity index (χ4n) is 5.34. The van der Waals surface area contributed by atoms with Gasteiger partial charge in [-0.1, -0.05) is 35.3 Å². The summed E-state index contributed by atoms with van der Waals surface area (Å²) in [4.78, 5) is 47.9. The highest BCUT2D eigenvalue weighted by atomic mass is 35.5. The zero-order valence-electron chi connectivity index (χ0n) is 23.5. The Balaban J connectivity index is 1.25. The number of anilines is 2. The van der Waals surface area contributed by atoms with Gasteiger partial charge < -0.3 is 25.4 Å². The van der Waals surface area contributed by atoms with Crippen LogP contribution in [0.25, 0.3) is 0 Å². The third kappa shape index (κ3) is 7.83. The Morgan fingerprint density at radius 3 is 2.51 bits per heavy atom. The fourth-order valence-corrected chi connectivity index (χ4v) is 5.67. The molecule has 2 aliphatic heterocycles. The first-order valence-electron chi connectivity index (χ1n) is 14.2. The van der Waals surface area contributed by atoms with Crippen molar-refractivity contribution in [2.75, 3.05) is 56.6 Å². The summed E-state index contributed by atoms with van der Waals surface area (Å²) in [5.41, 5.74) is 0.998. The van der Waals surface area contributed by atoms with Crippen molar-refractivity contribution in [1.82, 2.24) is 14.8 Å². The number of likely N-dealkylation sites (tertiary alicyclic amines) is 1. The highest BCUT2D eigenvalue weighted by Gasteiger charge is 2.30. The highest BCUT2D eigenvalue weighted by molar-refractivity contribution is 6.32. The second-order valence-electron chi connectivity index (χ2n) is 10.6. The molecule has 5 rings (SSSR count). The van der Waals surface area contributed by atoms with Gasteiger partial charge in [0.1, 0.15) is 11.6 Å². The molecule has 3 amide bonds. The van der Waals surface area contributed by atoms with Crippen LogP contribution in [0.15, 0.2) is 54.7 Å². The summed E-state index contributed by atoms with van der Waals surface area (Å²) < 4.78 is 5.53. The Morgan fingerprint density at radius 1 is 0.930 bits per heavy atom. The lowest BCUT2D eigenvalue weighted by atomic mass is 9.89. The molecule has 0 saturated carbocycles. The Bertz CT molecular complexity index is 1460. The molecule has 0 bridgehead atoms. The SMILES string of the molecule is O=C(Nc1c(O)cc(Cl)cc1C(=O)Nc1ccc(Cl)cn1)c1ccc(C2CCCN(CCN3CCCOCC3)C2=O)cc1. The van der Waals surface area contributed by atoms with Crippen LogP contribution in [-0.4, -0.2) is 83.5 Å². The molecule has 0 radical (unpaired) electrons. The van der Waals surface area contributed by atoms with Crippen LogP contribution in [0.5, 0.6) is 5.75 Å². The lowest BCUT2D eigenvalue weighted by Gasteiger charge is -2.34. The zero-order chi connectivity index (χ0) is 30.3. The Labute approximate surface area is 259 Å². The van der Waals surface area contributed by atoms with E-state index in [0.717, 1.165) is 64.2 Å². The number of piperidine rings is 1. The molecule has 1 unspecified atom stereocenters. The lowest BCUT2D eigenvalue weighted by molar-refractivity contribution is -0.135. The number of nitrogens with zero attached hydrogens (tertiary/aromatic N) is 3. The number of halogens is 2. The van der Waals surface area contributed by atoms with E-state index in [4.69, 9.17) is 27.9 Å². The third-order valence-corrected chi connectivity index (χ3v) is 8.08. The van der Waals surface area contributed by atoms with Crippen molar-refractivity contribution in [2.45, 2.75) is 25.2 Å². The molecule has 1 atom stereocenters. The number of phenols is 1. The van der Waals surface area contributed by atoms with Crippen molar-refractivity contribution < 1.29 is 24.2 Å². The number of phenolic OH excluding ortho intramolecular Hbond substituents is 1. The molecule has 0 aliphatic carbocycles. The lowest BCUT2D eigenvalue weighted by Crippen LogP contribution is -2.44. The predicted octanol–water partition coefficient (Wildman–Crippen LogP) is 5.03. The minimum Gasteiger partial charge on any atom is -0.506 e. The number of rotatable bonds is 8. The van der Waals surface area contributed by atoms with Crippen molar-refractivity contribution in [3.63, 3.8) is 0 Å². The topological polar surface area (TPSA) is 124 Å². The van der Waals surface area contributed by atoms with Crippen LogP contribution in [0.3, 0.4) is 0 Å². The van der Waals surface area contributed by atoms with Crippen molar-refractivity contribution in [3.05, 3.63) is 81.5 Å². The minimum atomic E-state index is -0.636. The molecule has 43 heavy (non-hydrogen) atoms. The molecule has 1 aromatic heterocycles. The van der Waals surface area contributed by atoms with Crippen LogP contribution < -0.4 is 10.6 Å². The maximum atomic E-state index is 13.4. The first kappa shape index (κ1) is 30.7. The third-order valence-electron chi connectivity index (χ3n) is 7.64. The molecule has 2 aliphatic rings. The number of benzene rings is 2. The number of aromatic nitrogens is 1. The van der Waals surface area contributed by atoms with E-state index >= 15 is 0 Å². The van der Waals surface area contributed by atoms with Gasteiger partial charge in [-0.25, -0.2) is 4.98 Å². The van der Waals surface area contributed by atoms with Gasteiger partial charge in [-0.2, -0.15) is 0 Å². The van der Waals surface area contributed by atoms with Crippen LogP contribution in [0.4, 0.5) is 11.5 Å². The average Bonchev–Trinajstić information content (AvgIpc) is 3.28. The van der Waals surface area contributed by atoms with Crippen molar-refractivity contribution >= 4 is 52.4 Å². The summed E-state index contributed by atoms with van der Waals surface area (Å²) in [5, 5.41) is 16.3. The quantitative estimate of drug-likeness (QED) is 0.300. The molecular weight excluding hydrogens is 593 g/mol. The molecule has 3 N–H and O–H groups in total. The maximum Gasteiger partial charge on any atom is 0.259 e. The van der Waals surface area contributed by atoms with E-state index in [-0.39, 0.29) is 39.7 Å². The number of aromatic hydroxyl groups is 1. The Kier molecular flexibility index (Phi) is 10.1. The summed E-state index contributed by atoms with van der Waals surface area (Å²) in [7, 11) is 0. The second-order valence-corrected chi connectivity index (χ2v) is 11.4. The van der Waals surface area contributed by atoms with Crippen LogP contribution in [-0.2, 0) is 9.53 Å².